The summed E-state index contributed by atoms with van der Waals surface area (Å²) in [6.07, 6.45) is 0.851. The number of carbonyl (C=O) groups is 1. The number of rotatable bonds is 1. The van der Waals surface area contributed by atoms with Gasteiger partial charge in [0.15, 0.2) is 0 Å². The molecule has 1 saturated carbocycles. The molecule has 0 unspecified atom stereocenters. The third-order valence-electron chi connectivity index (χ3n) is 3.50. The molecule has 3 nitrogen and oxygen atoms in total. The molecule has 0 bridgehead atoms. The van der Waals surface area contributed by atoms with E-state index in [0.29, 0.717) is 5.92 Å². The first-order valence-electron chi connectivity index (χ1n) is 4.80. The van der Waals surface area contributed by atoms with Gasteiger partial charge in [0.2, 0.25) is 0 Å². The number of benzene rings is 1. The average Bonchev–Trinajstić information content (AvgIpc) is 2.73. The summed E-state index contributed by atoms with van der Waals surface area (Å²) in [7, 11) is 0. The highest BCUT2D eigenvalue weighted by atomic mass is 16.4. The van der Waals surface area contributed by atoms with Crippen LogP contribution in [0.4, 0.5) is 5.69 Å². The van der Waals surface area contributed by atoms with Crippen molar-refractivity contribution in [1.29, 1.82) is 0 Å². The Balaban J connectivity index is 2.03. The average molecular weight is 189 g/mol. The quantitative estimate of drug-likeness (QED) is 0.653. The van der Waals surface area contributed by atoms with Crippen molar-refractivity contribution in [1.82, 2.24) is 0 Å². The minimum absolute atomic E-state index is 0.149. The van der Waals surface area contributed by atoms with E-state index in [1.165, 1.54) is 11.1 Å². The van der Waals surface area contributed by atoms with Crippen molar-refractivity contribution in [2.45, 2.75) is 12.3 Å². The molecule has 2 aliphatic rings. The molecule has 2 aliphatic carbocycles. The summed E-state index contributed by atoms with van der Waals surface area (Å²) < 4.78 is 0. The second kappa shape index (κ2) is 2.29. The first-order chi connectivity index (χ1) is 6.70. The van der Waals surface area contributed by atoms with Crippen molar-refractivity contribution in [3.05, 3.63) is 29.3 Å². The van der Waals surface area contributed by atoms with Crippen LogP contribution in [-0.2, 0) is 11.2 Å². The maximum atomic E-state index is 10.8. The number of aliphatic carboxylic acids is 1. The molecule has 3 rings (SSSR count). The van der Waals surface area contributed by atoms with E-state index in [0.717, 1.165) is 12.1 Å². The third kappa shape index (κ3) is 0.794. The van der Waals surface area contributed by atoms with Crippen LogP contribution >= 0.6 is 0 Å². The van der Waals surface area contributed by atoms with Gasteiger partial charge in [-0.05, 0) is 29.5 Å². The summed E-state index contributed by atoms with van der Waals surface area (Å²) in [6.45, 7) is 0. The van der Waals surface area contributed by atoms with Crippen LogP contribution in [-0.4, -0.2) is 11.1 Å². The second-order valence-electron chi connectivity index (χ2n) is 4.17. The zero-order chi connectivity index (χ0) is 9.87. The van der Waals surface area contributed by atoms with Crippen molar-refractivity contribution in [3.63, 3.8) is 0 Å². The first-order valence-corrected chi connectivity index (χ1v) is 4.80. The predicted octanol–water partition coefficient (Wildman–Crippen LogP) is 1.24. The lowest BCUT2D eigenvalue weighted by Crippen LogP contribution is -2.06. The molecule has 0 aliphatic heterocycles. The van der Waals surface area contributed by atoms with Crippen LogP contribution in [0.1, 0.15) is 17.0 Å². The number of hydrogen-bond acceptors (Lipinski definition) is 2. The second-order valence-corrected chi connectivity index (χ2v) is 4.17. The fourth-order valence-corrected chi connectivity index (χ4v) is 2.80. The lowest BCUT2D eigenvalue weighted by Gasteiger charge is -2.07. The van der Waals surface area contributed by atoms with E-state index in [9.17, 15) is 4.79 Å². The molecular weight excluding hydrogens is 178 g/mol. The van der Waals surface area contributed by atoms with Crippen molar-refractivity contribution in [3.8, 4) is 0 Å². The molecule has 1 aromatic carbocycles. The first kappa shape index (κ1) is 7.85. The number of carboxylic acids is 1. The summed E-state index contributed by atoms with van der Waals surface area (Å²) in [5.41, 5.74) is 9.00. The van der Waals surface area contributed by atoms with Crippen LogP contribution in [0.15, 0.2) is 18.2 Å². The van der Waals surface area contributed by atoms with Crippen LogP contribution in [0, 0.1) is 11.8 Å². The van der Waals surface area contributed by atoms with Crippen LogP contribution < -0.4 is 5.73 Å². The Morgan fingerprint density at radius 2 is 2.29 bits per heavy atom. The van der Waals surface area contributed by atoms with Gasteiger partial charge >= 0.3 is 5.97 Å². The highest BCUT2D eigenvalue weighted by molar-refractivity contribution is 5.78. The number of nitrogen functional groups attached to an aromatic ring is 1. The monoisotopic (exact) mass is 189 g/mol. The number of anilines is 1. The molecule has 14 heavy (non-hydrogen) atoms. The number of nitrogens with two attached hydrogens (primary N) is 1. The van der Waals surface area contributed by atoms with Crippen LogP contribution in [0.3, 0.4) is 0 Å². The van der Waals surface area contributed by atoms with Gasteiger partial charge in [0.05, 0.1) is 5.92 Å². The highest BCUT2D eigenvalue weighted by Gasteiger charge is 2.59. The molecule has 0 spiro atoms. The van der Waals surface area contributed by atoms with Gasteiger partial charge in [-0.25, -0.2) is 0 Å². The SMILES string of the molecule is Nc1cccc2c1C[C@@H]1[C@@H](C(=O)O)[C@@H]21. The molecule has 1 aromatic rings. The summed E-state index contributed by atoms with van der Waals surface area (Å²) in [5.74, 6) is -0.254. The maximum absolute atomic E-state index is 10.8. The van der Waals surface area contributed by atoms with Gasteiger partial charge in [-0.2, -0.15) is 0 Å². The molecule has 0 amide bonds. The zero-order valence-electron chi connectivity index (χ0n) is 7.60. The van der Waals surface area contributed by atoms with Gasteiger partial charge in [0.25, 0.3) is 0 Å². The number of carboxylic acid groups (broad SMARTS) is 1. The van der Waals surface area contributed by atoms with Gasteiger partial charge in [-0.3, -0.25) is 4.79 Å². The molecule has 0 heterocycles. The van der Waals surface area contributed by atoms with Crippen molar-refractivity contribution >= 4 is 11.7 Å². The Morgan fingerprint density at radius 1 is 1.50 bits per heavy atom. The highest BCUT2D eigenvalue weighted by Crippen LogP contribution is 2.62. The van der Waals surface area contributed by atoms with Crippen molar-refractivity contribution < 1.29 is 9.90 Å². The molecular formula is C11H11NO2. The van der Waals surface area contributed by atoms with Crippen LogP contribution in [0.2, 0.25) is 0 Å². The minimum Gasteiger partial charge on any atom is -0.481 e. The van der Waals surface area contributed by atoms with Gasteiger partial charge < -0.3 is 10.8 Å². The lowest BCUT2D eigenvalue weighted by molar-refractivity contribution is -0.139. The van der Waals surface area contributed by atoms with Crippen LogP contribution in [0.5, 0.6) is 0 Å². The standard InChI is InChI=1S/C11H11NO2/c12-8-3-1-2-5-6(8)4-7-9(5)10(7)11(13)14/h1-3,7,9-10H,4,12H2,(H,13,14)/t7-,9-,10+/m0/s1. The zero-order valence-corrected chi connectivity index (χ0v) is 7.60. The van der Waals surface area contributed by atoms with Gasteiger partial charge in [-0.15, -0.1) is 0 Å². The van der Waals surface area contributed by atoms with E-state index in [-0.39, 0.29) is 11.8 Å². The molecule has 0 radical (unpaired) electrons. The molecule has 1 fully saturated rings. The fraction of sp³-hybridized carbons (Fsp3) is 0.364. The minimum atomic E-state index is -0.659. The number of fused-ring (bicyclic) bond motifs is 3. The topological polar surface area (TPSA) is 63.3 Å². The normalized spacial score (nSPS) is 32.1. The van der Waals surface area contributed by atoms with E-state index >= 15 is 0 Å². The lowest BCUT2D eigenvalue weighted by atomic mass is 10.0. The van der Waals surface area contributed by atoms with Gasteiger partial charge in [0, 0.05) is 11.6 Å². The summed E-state index contributed by atoms with van der Waals surface area (Å²) >= 11 is 0. The number of hydrogen-bond donors (Lipinski definition) is 2. The smallest absolute Gasteiger partial charge is 0.307 e. The molecule has 3 N–H and O–H groups in total. The van der Waals surface area contributed by atoms with Gasteiger partial charge in [0.1, 0.15) is 0 Å². The van der Waals surface area contributed by atoms with Crippen LogP contribution in [0.25, 0.3) is 0 Å². The molecule has 3 atom stereocenters. The largest absolute Gasteiger partial charge is 0.481 e. The van der Waals surface area contributed by atoms with E-state index in [2.05, 4.69) is 0 Å². The molecule has 0 saturated heterocycles. The molecule has 72 valence electrons. The van der Waals surface area contributed by atoms with Crippen molar-refractivity contribution in [2.24, 2.45) is 11.8 Å². The summed E-state index contributed by atoms with van der Waals surface area (Å²) in [6, 6.07) is 5.81. The predicted molar refractivity (Wildman–Crippen MR) is 51.9 cm³/mol. The maximum Gasteiger partial charge on any atom is 0.307 e. The Labute approximate surface area is 81.5 Å². The van der Waals surface area contributed by atoms with Crippen molar-refractivity contribution in [2.75, 3.05) is 5.73 Å². The van der Waals surface area contributed by atoms with E-state index in [1.54, 1.807) is 0 Å². The molecule has 0 aromatic heterocycles. The fourth-order valence-electron chi connectivity index (χ4n) is 2.80. The van der Waals surface area contributed by atoms with E-state index < -0.39 is 5.97 Å². The molecule has 3 heteroatoms. The Morgan fingerprint density at radius 3 is 3.00 bits per heavy atom. The Hall–Kier alpha value is -1.51. The Bertz CT molecular complexity index is 427. The van der Waals surface area contributed by atoms with E-state index in [1.807, 2.05) is 18.2 Å². The third-order valence-corrected chi connectivity index (χ3v) is 3.50. The van der Waals surface area contributed by atoms with Gasteiger partial charge in [-0.1, -0.05) is 12.1 Å². The Kier molecular flexibility index (Phi) is 1.29. The van der Waals surface area contributed by atoms with E-state index in [4.69, 9.17) is 10.8 Å². The summed E-state index contributed by atoms with van der Waals surface area (Å²) in [4.78, 5) is 10.8. The summed E-state index contributed by atoms with van der Waals surface area (Å²) in [5, 5.41) is 8.92.